The molecule has 114 valence electrons. The standard InChI is InChI=1S/C12H15N3O6/c1-12(2)15(11(20)21-12)8-7(6(17)5-16)9(18)14(4)10(19)13(8)3/h16H,5H2,1-4H3. The van der Waals surface area contributed by atoms with Crippen LogP contribution in [-0.2, 0) is 18.8 Å². The number of aromatic nitrogens is 2. The van der Waals surface area contributed by atoms with Crippen molar-refractivity contribution in [3.63, 3.8) is 0 Å². The van der Waals surface area contributed by atoms with Crippen LogP contribution in [0.5, 0.6) is 0 Å². The van der Waals surface area contributed by atoms with Crippen LogP contribution in [0.15, 0.2) is 9.59 Å². The molecule has 1 N–H and O–H groups in total. The SMILES string of the molecule is Cn1c(N2C(=O)OC2(C)C)c(C(=O)CO)c(=O)n(C)c1=O. The smallest absolute Gasteiger partial charge is 0.420 e. The molecule has 1 amide bonds. The normalized spacial score (nSPS) is 16.4. The third-order valence-corrected chi connectivity index (χ3v) is 3.33. The first-order valence-electron chi connectivity index (χ1n) is 6.10. The number of aliphatic hydroxyl groups is 1. The van der Waals surface area contributed by atoms with Crippen molar-refractivity contribution in [3.05, 3.63) is 26.4 Å². The highest BCUT2D eigenvalue weighted by molar-refractivity contribution is 6.05. The summed E-state index contributed by atoms with van der Waals surface area (Å²) in [6.45, 7) is 2.18. The van der Waals surface area contributed by atoms with Crippen molar-refractivity contribution < 1.29 is 19.4 Å². The lowest BCUT2D eigenvalue weighted by Gasteiger charge is -2.46. The molecule has 9 nitrogen and oxygen atoms in total. The number of nitrogens with zero attached hydrogens (tertiary/aromatic N) is 3. The number of Topliss-reactive ketones (excluding diaryl/α,β-unsaturated/α-hetero) is 1. The summed E-state index contributed by atoms with van der Waals surface area (Å²) in [4.78, 5) is 48.8. The molecule has 21 heavy (non-hydrogen) atoms. The molecule has 1 aliphatic heterocycles. The fourth-order valence-electron chi connectivity index (χ4n) is 2.25. The Morgan fingerprint density at radius 3 is 2.19 bits per heavy atom. The van der Waals surface area contributed by atoms with Crippen LogP contribution < -0.4 is 16.1 Å². The molecular formula is C12H15N3O6. The summed E-state index contributed by atoms with van der Waals surface area (Å²) >= 11 is 0. The summed E-state index contributed by atoms with van der Waals surface area (Å²) in [5.74, 6) is -1.06. The Bertz CT molecular complexity index is 757. The number of ketones is 1. The molecule has 0 unspecified atom stereocenters. The molecule has 0 aliphatic carbocycles. The maximum Gasteiger partial charge on any atom is 0.420 e. The van der Waals surface area contributed by atoms with Gasteiger partial charge in [0.05, 0.1) is 0 Å². The third kappa shape index (κ3) is 1.97. The summed E-state index contributed by atoms with van der Waals surface area (Å²) in [7, 11) is 2.54. The number of carbonyl (C=O) groups excluding carboxylic acids is 2. The summed E-state index contributed by atoms with van der Waals surface area (Å²) in [5.41, 5.74) is -3.09. The van der Waals surface area contributed by atoms with Gasteiger partial charge in [-0.1, -0.05) is 0 Å². The predicted molar refractivity (Wildman–Crippen MR) is 71.4 cm³/mol. The average Bonchev–Trinajstić information content (AvgIpc) is 2.41. The second-order valence-electron chi connectivity index (χ2n) is 5.14. The minimum atomic E-state index is -1.10. The molecule has 0 spiro atoms. The van der Waals surface area contributed by atoms with Crippen molar-refractivity contribution in [2.75, 3.05) is 11.5 Å². The van der Waals surface area contributed by atoms with E-state index in [4.69, 9.17) is 9.84 Å². The van der Waals surface area contributed by atoms with E-state index in [1.165, 1.54) is 14.1 Å². The number of hydrogen-bond acceptors (Lipinski definition) is 6. The first-order chi connectivity index (χ1) is 9.63. The Kier molecular flexibility index (Phi) is 3.25. The zero-order chi connectivity index (χ0) is 16.1. The van der Waals surface area contributed by atoms with Crippen molar-refractivity contribution in [2.24, 2.45) is 14.1 Å². The molecule has 2 heterocycles. The van der Waals surface area contributed by atoms with Crippen LogP contribution in [-0.4, -0.2) is 38.4 Å². The van der Waals surface area contributed by atoms with Gasteiger partial charge in [-0.2, -0.15) is 0 Å². The fourth-order valence-corrected chi connectivity index (χ4v) is 2.25. The number of carbonyl (C=O) groups is 2. The Hall–Kier alpha value is -2.42. The summed E-state index contributed by atoms with van der Waals surface area (Å²) in [5, 5.41) is 9.04. The highest BCUT2D eigenvalue weighted by atomic mass is 16.6. The van der Waals surface area contributed by atoms with E-state index in [1.54, 1.807) is 13.8 Å². The van der Waals surface area contributed by atoms with Gasteiger partial charge in [-0.05, 0) is 13.8 Å². The third-order valence-electron chi connectivity index (χ3n) is 3.33. The van der Waals surface area contributed by atoms with Crippen molar-refractivity contribution in [3.8, 4) is 0 Å². The fraction of sp³-hybridized carbons (Fsp3) is 0.500. The molecule has 1 aliphatic rings. The Morgan fingerprint density at radius 1 is 1.19 bits per heavy atom. The number of ether oxygens (including phenoxy) is 1. The molecule has 9 heteroatoms. The minimum absolute atomic E-state index is 0.177. The maximum absolute atomic E-state index is 12.2. The van der Waals surface area contributed by atoms with Crippen LogP contribution in [0.1, 0.15) is 24.2 Å². The van der Waals surface area contributed by atoms with Gasteiger partial charge in [0, 0.05) is 14.1 Å². The van der Waals surface area contributed by atoms with Crippen molar-refractivity contribution in [2.45, 2.75) is 19.6 Å². The van der Waals surface area contributed by atoms with E-state index in [-0.39, 0.29) is 5.82 Å². The van der Waals surface area contributed by atoms with Gasteiger partial charge in [-0.15, -0.1) is 0 Å². The molecule has 0 bridgehead atoms. The lowest BCUT2D eigenvalue weighted by atomic mass is 10.1. The van der Waals surface area contributed by atoms with Gasteiger partial charge in [0.1, 0.15) is 18.0 Å². The van der Waals surface area contributed by atoms with E-state index >= 15 is 0 Å². The lowest BCUT2D eigenvalue weighted by Crippen LogP contribution is -2.64. The zero-order valence-electron chi connectivity index (χ0n) is 12.0. The van der Waals surface area contributed by atoms with Gasteiger partial charge in [0.25, 0.3) is 5.56 Å². The first-order valence-corrected chi connectivity index (χ1v) is 6.10. The molecule has 0 atom stereocenters. The minimum Gasteiger partial charge on any atom is -0.422 e. The molecule has 1 fully saturated rings. The topological polar surface area (TPSA) is 111 Å². The molecule has 1 saturated heterocycles. The van der Waals surface area contributed by atoms with Crippen LogP contribution in [0.2, 0.25) is 0 Å². The van der Waals surface area contributed by atoms with E-state index < -0.39 is 41.0 Å². The number of rotatable bonds is 3. The van der Waals surface area contributed by atoms with Gasteiger partial charge >= 0.3 is 11.8 Å². The molecule has 0 radical (unpaired) electrons. The first kappa shape index (κ1) is 15.0. The highest BCUT2D eigenvalue weighted by Crippen LogP contribution is 2.34. The van der Waals surface area contributed by atoms with Crippen LogP contribution in [0.4, 0.5) is 10.6 Å². The second kappa shape index (κ2) is 4.55. The van der Waals surface area contributed by atoms with E-state index in [2.05, 4.69) is 0 Å². The Balaban J connectivity index is 2.88. The molecule has 1 aromatic rings. The van der Waals surface area contributed by atoms with Gasteiger partial charge in [0.15, 0.2) is 11.5 Å². The average molecular weight is 297 g/mol. The molecular weight excluding hydrogens is 282 g/mol. The van der Waals surface area contributed by atoms with Crippen molar-refractivity contribution >= 4 is 17.7 Å². The predicted octanol–water partition coefficient (Wildman–Crippen LogP) is -1.05. The van der Waals surface area contributed by atoms with E-state index in [0.29, 0.717) is 0 Å². The van der Waals surface area contributed by atoms with Crippen LogP contribution in [0.25, 0.3) is 0 Å². The van der Waals surface area contributed by atoms with Gasteiger partial charge in [-0.25, -0.2) is 14.5 Å². The molecule has 1 aromatic heterocycles. The highest BCUT2D eigenvalue weighted by Gasteiger charge is 2.50. The Morgan fingerprint density at radius 2 is 1.76 bits per heavy atom. The number of cyclic esters (lactones) is 1. The lowest BCUT2D eigenvalue weighted by molar-refractivity contribution is -0.0206. The molecule has 0 saturated carbocycles. The molecule has 0 aromatic carbocycles. The van der Waals surface area contributed by atoms with Gasteiger partial charge in [-0.3, -0.25) is 18.7 Å². The number of amides is 1. The second-order valence-corrected chi connectivity index (χ2v) is 5.14. The van der Waals surface area contributed by atoms with Crippen molar-refractivity contribution in [1.29, 1.82) is 0 Å². The van der Waals surface area contributed by atoms with Crippen LogP contribution in [0, 0.1) is 0 Å². The van der Waals surface area contributed by atoms with Crippen LogP contribution >= 0.6 is 0 Å². The summed E-state index contributed by atoms with van der Waals surface area (Å²) in [6, 6.07) is 0. The quantitative estimate of drug-likeness (QED) is 0.713. The Labute approximate surface area is 119 Å². The monoisotopic (exact) mass is 297 g/mol. The largest absolute Gasteiger partial charge is 0.422 e. The number of aliphatic hydroxyl groups excluding tert-OH is 1. The van der Waals surface area contributed by atoms with Crippen LogP contribution in [0.3, 0.4) is 0 Å². The van der Waals surface area contributed by atoms with Crippen molar-refractivity contribution in [1.82, 2.24) is 9.13 Å². The van der Waals surface area contributed by atoms with E-state index in [1.807, 2.05) is 0 Å². The van der Waals surface area contributed by atoms with E-state index in [0.717, 1.165) is 14.0 Å². The maximum atomic E-state index is 12.2. The van der Waals surface area contributed by atoms with Gasteiger partial charge in [0.2, 0.25) is 0 Å². The zero-order valence-corrected chi connectivity index (χ0v) is 12.0. The van der Waals surface area contributed by atoms with Gasteiger partial charge < -0.3 is 9.84 Å². The van der Waals surface area contributed by atoms with E-state index in [9.17, 15) is 19.2 Å². The summed E-state index contributed by atoms with van der Waals surface area (Å²) in [6.07, 6.45) is -0.782. The summed E-state index contributed by atoms with van der Waals surface area (Å²) < 4.78 is 6.66. The number of hydrogen-bond donors (Lipinski definition) is 1. The molecule has 2 rings (SSSR count). The number of anilines is 1.